The number of hydrogen-bond acceptors (Lipinski definition) is 7. The number of hydrogen-bond donors (Lipinski definition) is 0. The van der Waals surface area contributed by atoms with E-state index in [0.29, 0.717) is 39.0 Å². The normalized spacial score (nSPS) is 20.7. The van der Waals surface area contributed by atoms with E-state index in [1.807, 2.05) is 0 Å². The Hall–Kier alpha value is -1.37. The van der Waals surface area contributed by atoms with Crippen molar-refractivity contribution in [2.45, 2.75) is 72.4 Å². The third-order valence-electron chi connectivity index (χ3n) is 4.27. The number of carbonyl (C=O) groups is 2. The topological polar surface area (TPSA) is 91.4 Å². The fourth-order valence-corrected chi connectivity index (χ4v) is 4.47. The molecule has 2 unspecified atom stereocenters. The molecule has 1 fully saturated rings. The lowest BCUT2D eigenvalue weighted by Crippen LogP contribution is -2.52. The molecule has 1 aliphatic rings. The van der Waals surface area contributed by atoms with Crippen LogP contribution in [0.2, 0.25) is 0 Å². The van der Waals surface area contributed by atoms with Crippen molar-refractivity contribution < 1.29 is 32.7 Å². The van der Waals surface area contributed by atoms with E-state index in [9.17, 15) is 14.2 Å². The highest BCUT2D eigenvalue weighted by molar-refractivity contribution is 7.57. The summed E-state index contributed by atoms with van der Waals surface area (Å²) in [5.41, 5.74) is -0.643. The predicted molar refractivity (Wildman–Crippen MR) is 111 cm³/mol. The summed E-state index contributed by atoms with van der Waals surface area (Å²) >= 11 is 0. The average Bonchev–Trinajstić information content (AvgIpc) is 2.60. The molecule has 0 radical (unpaired) electrons. The number of nitrogens with zero attached hydrogens (tertiary/aromatic N) is 1. The van der Waals surface area contributed by atoms with Gasteiger partial charge in [-0.2, -0.15) is 0 Å². The Morgan fingerprint density at radius 1 is 1.10 bits per heavy atom. The number of piperidine rings is 1. The Balaban J connectivity index is 2.83. The molecule has 0 aromatic heterocycles. The molecular formula is C20H36NO7P. The number of likely N-dealkylation sites (tertiary alicyclic amines) is 1. The first-order valence-corrected chi connectivity index (χ1v) is 11.9. The summed E-state index contributed by atoms with van der Waals surface area (Å²) in [6.07, 6.45) is 3.02. The first-order valence-electron chi connectivity index (χ1n) is 10.3. The molecule has 1 amide bonds. The van der Waals surface area contributed by atoms with Crippen LogP contribution in [0.15, 0.2) is 11.9 Å². The van der Waals surface area contributed by atoms with Gasteiger partial charge in [-0.05, 0) is 66.7 Å². The van der Waals surface area contributed by atoms with Crippen molar-refractivity contribution in [1.82, 2.24) is 4.90 Å². The van der Waals surface area contributed by atoms with E-state index in [0.717, 1.165) is 0 Å². The first-order chi connectivity index (χ1) is 13.5. The van der Waals surface area contributed by atoms with Gasteiger partial charge in [0, 0.05) is 12.4 Å². The molecule has 9 heteroatoms. The standard InChI is InChI=1S/C20H36NO7P/c1-7-25-18(22)17-15-16(11-10-14-29(24,26-8-2)27-9-3)12-13-21(17)19(23)28-20(4,5)6/h10,14,16-17H,7-9,11-13,15H2,1-6H3. The lowest BCUT2D eigenvalue weighted by atomic mass is 9.88. The van der Waals surface area contributed by atoms with E-state index >= 15 is 0 Å². The molecule has 0 N–H and O–H groups in total. The van der Waals surface area contributed by atoms with Crippen molar-refractivity contribution in [2.24, 2.45) is 5.92 Å². The van der Waals surface area contributed by atoms with E-state index in [1.165, 1.54) is 10.7 Å². The van der Waals surface area contributed by atoms with Crippen LogP contribution in [-0.2, 0) is 27.9 Å². The van der Waals surface area contributed by atoms with Gasteiger partial charge < -0.3 is 18.5 Å². The SMILES string of the molecule is CCOC(=O)C1CC(CC=CP(=O)(OCC)OCC)CCN1C(=O)OC(C)(C)C. The minimum absolute atomic E-state index is 0.135. The maximum Gasteiger partial charge on any atom is 0.411 e. The summed E-state index contributed by atoms with van der Waals surface area (Å²) < 4.78 is 33.6. The van der Waals surface area contributed by atoms with Gasteiger partial charge in [0.1, 0.15) is 11.6 Å². The summed E-state index contributed by atoms with van der Waals surface area (Å²) in [6, 6.07) is -0.692. The number of carbonyl (C=O) groups excluding carboxylic acids is 2. The Morgan fingerprint density at radius 3 is 2.24 bits per heavy atom. The third kappa shape index (κ3) is 8.89. The molecule has 1 rings (SSSR count). The summed E-state index contributed by atoms with van der Waals surface area (Å²) in [6.45, 7) is 11.8. The van der Waals surface area contributed by atoms with Crippen molar-refractivity contribution in [3.63, 3.8) is 0 Å². The molecule has 0 aliphatic carbocycles. The lowest BCUT2D eigenvalue weighted by molar-refractivity contribution is -0.151. The molecule has 0 aromatic rings. The number of amides is 1. The first kappa shape index (κ1) is 25.7. The zero-order valence-corrected chi connectivity index (χ0v) is 19.4. The molecule has 0 spiro atoms. The molecule has 0 aromatic carbocycles. The van der Waals surface area contributed by atoms with Gasteiger partial charge in [-0.3, -0.25) is 9.46 Å². The predicted octanol–water partition coefficient (Wildman–Crippen LogP) is 4.74. The number of esters is 1. The number of allylic oxidation sites excluding steroid dienone is 1. The maximum absolute atomic E-state index is 12.5. The van der Waals surface area contributed by atoms with Crippen LogP contribution in [0, 0.1) is 5.92 Å². The highest BCUT2D eigenvalue weighted by Gasteiger charge is 2.38. The summed E-state index contributed by atoms with van der Waals surface area (Å²) in [5.74, 6) is 1.19. The molecule has 1 aliphatic heterocycles. The Bertz CT molecular complexity index is 604. The van der Waals surface area contributed by atoms with Gasteiger partial charge in [0.25, 0.3) is 0 Å². The van der Waals surface area contributed by atoms with Crippen LogP contribution in [0.5, 0.6) is 0 Å². The lowest BCUT2D eigenvalue weighted by Gasteiger charge is -2.38. The summed E-state index contributed by atoms with van der Waals surface area (Å²) in [7, 11) is -3.24. The van der Waals surface area contributed by atoms with Gasteiger partial charge in [-0.1, -0.05) is 6.08 Å². The van der Waals surface area contributed by atoms with Gasteiger partial charge in [0.2, 0.25) is 0 Å². The molecule has 168 valence electrons. The molecule has 0 saturated carbocycles. The van der Waals surface area contributed by atoms with E-state index < -0.39 is 31.3 Å². The van der Waals surface area contributed by atoms with Crippen molar-refractivity contribution in [3.05, 3.63) is 11.9 Å². The van der Waals surface area contributed by atoms with E-state index in [2.05, 4.69) is 0 Å². The second-order valence-electron chi connectivity index (χ2n) is 7.83. The Labute approximate surface area is 174 Å². The third-order valence-corrected chi connectivity index (χ3v) is 6.09. The number of rotatable bonds is 9. The van der Waals surface area contributed by atoms with Crippen LogP contribution in [-0.4, -0.2) is 55.0 Å². The average molecular weight is 433 g/mol. The van der Waals surface area contributed by atoms with Crippen LogP contribution in [0.4, 0.5) is 4.79 Å². The second kappa shape index (κ2) is 11.7. The van der Waals surface area contributed by atoms with Crippen LogP contribution >= 0.6 is 7.60 Å². The van der Waals surface area contributed by atoms with Gasteiger partial charge in [-0.25, -0.2) is 9.59 Å². The van der Waals surface area contributed by atoms with Crippen molar-refractivity contribution in [1.29, 1.82) is 0 Å². The van der Waals surface area contributed by atoms with Crippen molar-refractivity contribution in [2.75, 3.05) is 26.4 Å². The molecule has 8 nitrogen and oxygen atoms in total. The maximum atomic E-state index is 12.5. The van der Waals surface area contributed by atoms with Crippen molar-refractivity contribution >= 4 is 19.7 Å². The minimum Gasteiger partial charge on any atom is -0.464 e. The summed E-state index contributed by atoms with van der Waals surface area (Å²) in [4.78, 5) is 26.4. The molecular weight excluding hydrogens is 397 g/mol. The quantitative estimate of drug-likeness (QED) is 0.383. The molecule has 0 bridgehead atoms. The highest BCUT2D eigenvalue weighted by Crippen LogP contribution is 2.49. The zero-order chi connectivity index (χ0) is 22.1. The second-order valence-corrected chi connectivity index (χ2v) is 9.72. The zero-order valence-electron chi connectivity index (χ0n) is 18.5. The van der Waals surface area contributed by atoms with Crippen LogP contribution in [0.3, 0.4) is 0 Å². The van der Waals surface area contributed by atoms with Crippen LogP contribution in [0.25, 0.3) is 0 Å². The molecule has 29 heavy (non-hydrogen) atoms. The van der Waals surface area contributed by atoms with Gasteiger partial charge in [-0.15, -0.1) is 0 Å². The highest BCUT2D eigenvalue weighted by atomic mass is 31.2. The fourth-order valence-electron chi connectivity index (χ4n) is 3.12. The van der Waals surface area contributed by atoms with Crippen molar-refractivity contribution in [3.8, 4) is 0 Å². The van der Waals surface area contributed by atoms with E-state index in [1.54, 1.807) is 47.6 Å². The van der Waals surface area contributed by atoms with Gasteiger partial charge in [0.15, 0.2) is 0 Å². The largest absolute Gasteiger partial charge is 0.464 e. The molecule has 1 saturated heterocycles. The van der Waals surface area contributed by atoms with Crippen LogP contribution in [0.1, 0.15) is 60.8 Å². The van der Waals surface area contributed by atoms with E-state index in [4.69, 9.17) is 18.5 Å². The number of ether oxygens (including phenoxy) is 2. The Morgan fingerprint density at radius 2 is 1.72 bits per heavy atom. The minimum atomic E-state index is -3.24. The van der Waals surface area contributed by atoms with Gasteiger partial charge in [0.05, 0.1) is 19.8 Å². The molecule has 2 atom stereocenters. The monoisotopic (exact) mass is 433 g/mol. The molecule has 1 heterocycles. The van der Waals surface area contributed by atoms with Crippen LogP contribution < -0.4 is 0 Å². The smallest absolute Gasteiger partial charge is 0.411 e. The Kier molecular flexibility index (Phi) is 10.4. The van der Waals surface area contributed by atoms with E-state index in [-0.39, 0.29) is 12.5 Å². The fraction of sp³-hybridized carbons (Fsp3) is 0.800. The summed E-state index contributed by atoms with van der Waals surface area (Å²) in [5, 5.41) is 0. The van der Waals surface area contributed by atoms with Gasteiger partial charge >= 0.3 is 19.7 Å².